The third-order valence-corrected chi connectivity index (χ3v) is 9.42. The van der Waals surface area contributed by atoms with Crippen molar-refractivity contribution in [3.8, 4) is 0 Å². The van der Waals surface area contributed by atoms with Crippen LogP contribution in [-0.4, -0.2) is 0 Å². The number of fused-ring (bicyclic) bond motifs is 6. The zero-order chi connectivity index (χ0) is 10.5. The van der Waals surface area contributed by atoms with Crippen LogP contribution in [0.4, 0.5) is 0 Å². The van der Waals surface area contributed by atoms with Gasteiger partial charge in [-0.2, -0.15) is 0 Å². The van der Waals surface area contributed by atoms with Gasteiger partial charge in [0.2, 0.25) is 0 Å². The Hall–Kier alpha value is 0. The van der Waals surface area contributed by atoms with Crippen LogP contribution in [0.1, 0.15) is 32.1 Å². The largest absolute Gasteiger partial charge is 0.0470 e. The van der Waals surface area contributed by atoms with Gasteiger partial charge >= 0.3 is 0 Å². The second kappa shape index (κ2) is 2.14. The minimum absolute atomic E-state index is 1.20. The fraction of sp³-hybridized carbons (Fsp3) is 1.00. The molecular weight excluding hydrogens is 204 g/mol. The van der Waals surface area contributed by atoms with Gasteiger partial charge in [-0.1, -0.05) is 0 Å². The smallest absolute Gasteiger partial charge is 0.0312 e. The van der Waals surface area contributed by atoms with Gasteiger partial charge in [0.1, 0.15) is 0 Å². The Morgan fingerprint density at radius 1 is 0.353 bits per heavy atom. The van der Waals surface area contributed by atoms with Crippen molar-refractivity contribution in [3.63, 3.8) is 0 Å². The number of hydrogen-bond acceptors (Lipinski definition) is 0. The first-order chi connectivity index (χ1) is 8.42. The van der Waals surface area contributed by atoms with E-state index in [0.29, 0.717) is 0 Å². The van der Waals surface area contributed by atoms with Crippen molar-refractivity contribution in [2.45, 2.75) is 32.1 Å². The van der Waals surface area contributed by atoms with E-state index in [9.17, 15) is 0 Å². The van der Waals surface area contributed by atoms with Gasteiger partial charge in [-0.05, 0) is 103 Å². The molecule has 0 aliphatic heterocycles. The van der Waals surface area contributed by atoms with Crippen molar-refractivity contribution in [2.75, 3.05) is 0 Å². The zero-order valence-electron chi connectivity index (χ0n) is 10.5. The normalized spacial score (nSPS) is 83.3. The van der Waals surface area contributed by atoms with Crippen LogP contribution in [-0.2, 0) is 0 Å². The summed E-state index contributed by atoms with van der Waals surface area (Å²) in [4.78, 5) is 0. The summed E-state index contributed by atoms with van der Waals surface area (Å²) in [5, 5.41) is 0. The van der Waals surface area contributed by atoms with Gasteiger partial charge in [-0.3, -0.25) is 0 Å². The summed E-state index contributed by atoms with van der Waals surface area (Å²) >= 11 is 0. The summed E-state index contributed by atoms with van der Waals surface area (Å²) < 4.78 is 0. The molecule has 0 amide bonds. The number of hydrogen-bond donors (Lipinski definition) is 0. The van der Waals surface area contributed by atoms with Gasteiger partial charge in [0.15, 0.2) is 0 Å². The SMILES string of the molecule is C1C2CC3C1CC1C3C3C4C5CC2CC5C4C13. The monoisotopic (exact) mass is 226 g/mol. The number of rotatable bonds is 0. The summed E-state index contributed by atoms with van der Waals surface area (Å²) in [6.45, 7) is 0. The van der Waals surface area contributed by atoms with Crippen LogP contribution < -0.4 is 0 Å². The third-order valence-electron chi connectivity index (χ3n) is 9.42. The van der Waals surface area contributed by atoms with Crippen molar-refractivity contribution in [1.82, 2.24) is 0 Å². The van der Waals surface area contributed by atoms with Crippen molar-refractivity contribution in [3.05, 3.63) is 0 Å². The summed E-state index contributed by atoms with van der Waals surface area (Å²) in [7, 11) is 0. The molecule has 0 radical (unpaired) electrons. The molecule has 90 valence electrons. The van der Waals surface area contributed by atoms with Crippen LogP contribution in [0.2, 0.25) is 0 Å². The third kappa shape index (κ3) is 0.605. The molecule has 0 aromatic rings. The standard InChI is InChI=1S/C17H22/c1-6-2-9-8(1)5-12-13(9)17-15-11-4-7(6)3-10(11)14(15)16(12)17/h6-17H,1-5H2. The summed E-state index contributed by atoms with van der Waals surface area (Å²) in [6.07, 6.45) is 8.44. The molecule has 7 fully saturated rings. The Morgan fingerprint density at radius 2 is 0.941 bits per heavy atom. The lowest BCUT2D eigenvalue weighted by Gasteiger charge is -2.77. The fourth-order valence-corrected chi connectivity index (χ4v) is 9.37. The molecule has 0 heterocycles. The van der Waals surface area contributed by atoms with E-state index in [1.54, 1.807) is 32.1 Å². The Balaban J connectivity index is 1.47. The van der Waals surface area contributed by atoms with Gasteiger partial charge in [0.05, 0.1) is 0 Å². The van der Waals surface area contributed by atoms with E-state index in [2.05, 4.69) is 0 Å². The molecule has 0 saturated heterocycles. The summed E-state index contributed by atoms with van der Waals surface area (Å²) in [5.74, 6) is 15.1. The van der Waals surface area contributed by atoms with Crippen LogP contribution in [0.5, 0.6) is 0 Å². The van der Waals surface area contributed by atoms with E-state index in [4.69, 9.17) is 0 Å². The Morgan fingerprint density at radius 3 is 1.82 bits per heavy atom. The van der Waals surface area contributed by atoms with E-state index >= 15 is 0 Å². The van der Waals surface area contributed by atoms with Gasteiger partial charge in [-0.25, -0.2) is 0 Å². The molecular formula is C17H22. The van der Waals surface area contributed by atoms with Crippen LogP contribution >= 0.6 is 0 Å². The lowest BCUT2D eigenvalue weighted by Crippen LogP contribution is -2.73. The molecule has 0 nitrogen and oxygen atoms in total. The lowest BCUT2D eigenvalue weighted by molar-refractivity contribution is -0.301. The minimum atomic E-state index is 1.20. The average Bonchev–Trinajstić information content (AvgIpc) is 2.86. The molecule has 4 bridgehead atoms. The molecule has 7 rings (SSSR count). The highest BCUT2D eigenvalue weighted by Gasteiger charge is 2.80. The molecule has 12 atom stereocenters. The molecule has 0 N–H and O–H groups in total. The van der Waals surface area contributed by atoms with Gasteiger partial charge in [0, 0.05) is 0 Å². The molecule has 7 aliphatic carbocycles. The molecule has 7 saturated carbocycles. The molecule has 0 aromatic carbocycles. The topological polar surface area (TPSA) is 0 Å². The quantitative estimate of drug-likeness (QED) is 0.593. The first-order valence-electron chi connectivity index (χ1n) is 8.42. The average molecular weight is 226 g/mol. The maximum atomic E-state index is 1.69. The highest BCUT2D eigenvalue weighted by Crippen LogP contribution is 2.85. The van der Waals surface area contributed by atoms with E-state index in [1.807, 2.05) is 0 Å². The summed E-state index contributed by atoms with van der Waals surface area (Å²) in [6, 6.07) is 0. The predicted molar refractivity (Wildman–Crippen MR) is 65.0 cm³/mol. The molecule has 0 spiro atoms. The van der Waals surface area contributed by atoms with Crippen molar-refractivity contribution < 1.29 is 0 Å². The predicted octanol–water partition coefficient (Wildman–Crippen LogP) is 3.43. The highest BCUT2D eigenvalue weighted by atomic mass is 14.8. The van der Waals surface area contributed by atoms with E-state index in [0.717, 1.165) is 0 Å². The second-order valence-electron chi connectivity index (χ2n) is 9.00. The molecule has 12 unspecified atom stereocenters. The van der Waals surface area contributed by atoms with Crippen molar-refractivity contribution in [2.24, 2.45) is 71.0 Å². The van der Waals surface area contributed by atoms with E-state index in [-0.39, 0.29) is 0 Å². The van der Waals surface area contributed by atoms with Crippen molar-refractivity contribution >= 4 is 0 Å². The lowest BCUT2D eigenvalue weighted by atomic mass is 9.27. The highest BCUT2D eigenvalue weighted by molar-refractivity contribution is 5.27. The molecule has 0 aromatic heterocycles. The van der Waals surface area contributed by atoms with Gasteiger partial charge < -0.3 is 0 Å². The van der Waals surface area contributed by atoms with Crippen molar-refractivity contribution in [1.29, 1.82) is 0 Å². The van der Waals surface area contributed by atoms with E-state index < -0.39 is 0 Å². The maximum Gasteiger partial charge on any atom is -0.0312 e. The second-order valence-corrected chi connectivity index (χ2v) is 9.00. The minimum Gasteiger partial charge on any atom is -0.0470 e. The maximum absolute atomic E-state index is 1.69. The first kappa shape index (κ1) is 8.23. The van der Waals surface area contributed by atoms with Crippen LogP contribution in [0.3, 0.4) is 0 Å². The Labute approximate surface area is 104 Å². The van der Waals surface area contributed by atoms with Crippen LogP contribution in [0.15, 0.2) is 0 Å². The van der Waals surface area contributed by atoms with E-state index in [1.165, 1.54) is 71.0 Å². The molecule has 17 heavy (non-hydrogen) atoms. The Bertz CT molecular complexity index is 419. The Kier molecular flexibility index (Phi) is 1.04. The summed E-state index contributed by atoms with van der Waals surface area (Å²) in [5.41, 5.74) is 0. The van der Waals surface area contributed by atoms with Gasteiger partial charge in [-0.15, -0.1) is 0 Å². The van der Waals surface area contributed by atoms with Gasteiger partial charge in [0.25, 0.3) is 0 Å². The molecule has 7 aliphatic rings. The van der Waals surface area contributed by atoms with Crippen LogP contribution in [0, 0.1) is 71.0 Å². The zero-order valence-corrected chi connectivity index (χ0v) is 10.5. The first-order valence-corrected chi connectivity index (χ1v) is 8.42. The van der Waals surface area contributed by atoms with Crippen LogP contribution in [0.25, 0.3) is 0 Å². The molecule has 0 heteroatoms. The fourth-order valence-electron chi connectivity index (χ4n) is 9.37.